The Balaban J connectivity index is 2.25. The number of hydrogen-bond acceptors (Lipinski definition) is 0. The van der Waals surface area contributed by atoms with Crippen LogP contribution in [-0.4, -0.2) is 0 Å². The van der Waals surface area contributed by atoms with Crippen molar-refractivity contribution in [1.29, 1.82) is 0 Å². The molecule has 1 atom stereocenters. The van der Waals surface area contributed by atoms with Gasteiger partial charge in [-0.05, 0) is 48.2 Å². The molecule has 0 aliphatic rings. The van der Waals surface area contributed by atoms with Crippen LogP contribution in [0.1, 0.15) is 22.1 Å². The van der Waals surface area contributed by atoms with Crippen molar-refractivity contribution in [2.45, 2.75) is 18.7 Å². The normalized spacial score (nSPS) is 12.4. The van der Waals surface area contributed by atoms with Crippen molar-refractivity contribution in [2.75, 3.05) is 0 Å². The number of rotatable bonds is 3. The van der Waals surface area contributed by atoms with Crippen LogP contribution in [0.2, 0.25) is 0 Å². The van der Waals surface area contributed by atoms with Crippen molar-refractivity contribution in [3.05, 3.63) is 69.4 Å². The zero-order chi connectivity index (χ0) is 13.1. The Labute approximate surface area is 120 Å². The second-order valence-electron chi connectivity index (χ2n) is 4.26. The summed E-state index contributed by atoms with van der Waals surface area (Å²) in [6.07, 6.45) is 0.691. The van der Waals surface area contributed by atoms with E-state index in [4.69, 9.17) is 11.6 Å². The molecule has 94 valence electrons. The molecule has 2 rings (SSSR count). The van der Waals surface area contributed by atoms with Crippen LogP contribution in [0.3, 0.4) is 0 Å². The number of benzene rings is 2. The number of aryl methyl sites for hydroxylation is 1. The predicted octanol–water partition coefficient (Wildman–Crippen LogP) is 5.42. The molecule has 3 heteroatoms. The first-order chi connectivity index (χ1) is 8.58. The molecule has 0 fully saturated rings. The quantitative estimate of drug-likeness (QED) is 0.660. The van der Waals surface area contributed by atoms with Crippen LogP contribution in [-0.2, 0) is 6.42 Å². The molecular weight excluding hydrogens is 315 g/mol. The van der Waals surface area contributed by atoms with Gasteiger partial charge in [-0.2, -0.15) is 0 Å². The molecule has 0 amide bonds. The maximum atomic E-state index is 13.2. The molecule has 0 aliphatic heterocycles. The van der Waals surface area contributed by atoms with E-state index in [1.807, 2.05) is 12.1 Å². The minimum Gasteiger partial charge on any atom is -0.207 e. The standard InChI is InChI=1S/C15H13BrClF/c1-10-4-2-3-5-11(10)8-15(17)13-9-12(18)6-7-14(13)16/h2-7,9,15H,8H2,1H3. The third-order valence-electron chi connectivity index (χ3n) is 2.96. The highest BCUT2D eigenvalue weighted by Crippen LogP contribution is 2.32. The van der Waals surface area contributed by atoms with Gasteiger partial charge in [-0.15, -0.1) is 11.6 Å². The van der Waals surface area contributed by atoms with Crippen LogP contribution in [0.5, 0.6) is 0 Å². The van der Waals surface area contributed by atoms with E-state index < -0.39 is 0 Å². The van der Waals surface area contributed by atoms with Gasteiger partial charge >= 0.3 is 0 Å². The second-order valence-corrected chi connectivity index (χ2v) is 5.65. The summed E-state index contributed by atoms with van der Waals surface area (Å²) in [4.78, 5) is 0. The summed E-state index contributed by atoms with van der Waals surface area (Å²) in [6, 6.07) is 12.7. The zero-order valence-corrected chi connectivity index (χ0v) is 12.3. The summed E-state index contributed by atoms with van der Waals surface area (Å²) < 4.78 is 14.1. The molecule has 0 aromatic heterocycles. The minimum absolute atomic E-state index is 0.240. The Kier molecular flexibility index (Phi) is 4.41. The summed E-state index contributed by atoms with van der Waals surface area (Å²) in [5.41, 5.74) is 3.18. The fourth-order valence-electron chi connectivity index (χ4n) is 1.90. The molecule has 2 aromatic carbocycles. The lowest BCUT2D eigenvalue weighted by molar-refractivity contribution is 0.624. The van der Waals surface area contributed by atoms with E-state index in [-0.39, 0.29) is 11.2 Å². The van der Waals surface area contributed by atoms with Crippen LogP contribution in [0.25, 0.3) is 0 Å². The third kappa shape index (κ3) is 3.12. The highest BCUT2D eigenvalue weighted by molar-refractivity contribution is 9.10. The van der Waals surface area contributed by atoms with Gasteiger partial charge in [-0.3, -0.25) is 0 Å². The van der Waals surface area contributed by atoms with E-state index in [1.54, 1.807) is 6.07 Å². The van der Waals surface area contributed by atoms with Crippen LogP contribution in [0.15, 0.2) is 46.9 Å². The monoisotopic (exact) mass is 326 g/mol. The summed E-state index contributed by atoms with van der Waals surface area (Å²) >= 11 is 9.81. The Morgan fingerprint density at radius 1 is 1.22 bits per heavy atom. The first-order valence-electron chi connectivity index (χ1n) is 5.71. The molecule has 0 nitrogen and oxygen atoms in total. The zero-order valence-electron chi connectivity index (χ0n) is 9.96. The lowest BCUT2D eigenvalue weighted by atomic mass is 10.0. The molecule has 18 heavy (non-hydrogen) atoms. The topological polar surface area (TPSA) is 0 Å². The molecule has 0 heterocycles. The first kappa shape index (κ1) is 13.6. The molecule has 0 spiro atoms. The van der Waals surface area contributed by atoms with Crippen molar-refractivity contribution in [3.63, 3.8) is 0 Å². The summed E-state index contributed by atoms with van der Waals surface area (Å²) in [5.74, 6) is -0.261. The van der Waals surface area contributed by atoms with Crippen molar-refractivity contribution >= 4 is 27.5 Å². The van der Waals surface area contributed by atoms with E-state index in [0.717, 1.165) is 10.0 Å². The molecule has 2 aromatic rings. The Morgan fingerprint density at radius 2 is 1.94 bits per heavy atom. The van der Waals surface area contributed by atoms with Crippen LogP contribution in [0.4, 0.5) is 4.39 Å². The molecular formula is C15H13BrClF. The van der Waals surface area contributed by atoms with E-state index in [9.17, 15) is 4.39 Å². The van der Waals surface area contributed by atoms with Crippen molar-refractivity contribution < 1.29 is 4.39 Å². The van der Waals surface area contributed by atoms with Crippen LogP contribution < -0.4 is 0 Å². The maximum Gasteiger partial charge on any atom is 0.123 e. The van der Waals surface area contributed by atoms with E-state index >= 15 is 0 Å². The summed E-state index contributed by atoms with van der Waals surface area (Å²) in [6.45, 7) is 2.06. The van der Waals surface area contributed by atoms with Crippen LogP contribution >= 0.6 is 27.5 Å². The number of halogens is 3. The van der Waals surface area contributed by atoms with E-state index in [1.165, 1.54) is 23.3 Å². The van der Waals surface area contributed by atoms with Gasteiger partial charge in [0.05, 0.1) is 5.38 Å². The average molecular weight is 328 g/mol. The molecule has 0 saturated carbocycles. The molecule has 0 saturated heterocycles. The van der Waals surface area contributed by atoms with Gasteiger partial charge in [0, 0.05) is 4.47 Å². The first-order valence-corrected chi connectivity index (χ1v) is 6.94. The fourth-order valence-corrected chi connectivity index (χ4v) is 2.90. The number of alkyl halides is 1. The maximum absolute atomic E-state index is 13.2. The van der Waals surface area contributed by atoms with Gasteiger partial charge in [0.1, 0.15) is 5.82 Å². The van der Waals surface area contributed by atoms with Gasteiger partial charge < -0.3 is 0 Å². The van der Waals surface area contributed by atoms with Gasteiger partial charge in [-0.1, -0.05) is 40.2 Å². The van der Waals surface area contributed by atoms with Gasteiger partial charge in [0.15, 0.2) is 0 Å². The molecule has 0 bridgehead atoms. The Bertz CT molecular complexity index is 554. The second kappa shape index (κ2) is 5.85. The van der Waals surface area contributed by atoms with Crippen molar-refractivity contribution in [3.8, 4) is 0 Å². The van der Waals surface area contributed by atoms with Gasteiger partial charge in [0.25, 0.3) is 0 Å². The van der Waals surface area contributed by atoms with Crippen molar-refractivity contribution in [1.82, 2.24) is 0 Å². The molecule has 0 aliphatic carbocycles. The lowest BCUT2D eigenvalue weighted by Crippen LogP contribution is -1.99. The highest BCUT2D eigenvalue weighted by atomic mass is 79.9. The van der Waals surface area contributed by atoms with E-state index in [2.05, 4.69) is 35.0 Å². The predicted molar refractivity (Wildman–Crippen MR) is 77.6 cm³/mol. The summed E-state index contributed by atoms with van der Waals surface area (Å²) in [7, 11) is 0. The van der Waals surface area contributed by atoms with Gasteiger partial charge in [-0.25, -0.2) is 4.39 Å². The average Bonchev–Trinajstić information content (AvgIpc) is 2.35. The minimum atomic E-state index is -0.261. The third-order valence-corrected chi connectivity index (χ3v) is 4.07. The fraction of sp³-hybridized carbons (Fsp3) is 0.200. The molecule has 0 N–H and O–H groups in total. The smallest absolute Gasteiger partial charge is 0.123 e. The van der Waals surface area contributed by atoms with E-state index in [0.29, 0.717) is 6.42 Å². The molecule has 0 radical (unpaired) electrons. The van der Waals surface area contributed by atoms with Gasteiger partial charge in [0.2, 0.25) is 0 Å². The SMILES string of the molecule is Cc1ccccc1CC(Cl)c1cc(F)ccc1Br. The number of hydrogen-bond donors (Lipinski definition) is 0. The molecule has 1 unspecified atom stereocenters. The van der Waals surface area contributed by atoms with Crippen molar-refractivity contribution in [2.24, 2.45) is 0 Å². The van der Waals surface area contributed by atoms with Crippen LogP contribution in [0, 0.1) is 12.7 Å². The summed E-state index contributed by atoms with van der Waals surface area (Å²) in [5, 5.41) is -0.240. The Hall–Kier alpha value is -0.860. The largest absolute Gasteiger partial charge is 0.207 e. The lowest BCUT2D eigenvalue weighted by Gasteiger charge is -2.13. The Morgan fingerprint density at radius 3 is 2.67 bits per heavy atom. The highest BCUT2D eigenvalue weighted by Gasteiger charge is 2.14.